The van der Waals surface area contributed by atoms with Crippen molar-refractivity contribution in [2.24, 2.45) is 5.73 Å². The zero-order valence-electron chi connectivity index (χ0n) is 8.85. The minimum atomic E-state index is 0.221. The molecule has 0 radical (unpaired) electrons. The maximum absolute atomic E-state index is 5.70. The third-order valence-corrected chi connectivity index (χ3v) is 2.35. The molecule has 0 saturated carbocycles. The molecule has 2 rings (SSSR count). The third-order valence-electron chi connectivity index (χ3n) is 2.35. The number of hydrogen-bond donors (Lipinski definition) is 1. The molecule has 1 atom stereocenters. The first-order chi connectivity index (χ1) is 7.25. The fraction of sp³-hybridized carbons (Fsp3) is 0.333. The second-order valence-electron chi connectivity index (χ2n) is 3.87. The van der Waals surface area contributed by atoms with Gasteiger partial charge in [-0.3, -0.25) is 4.98 Å². The number of para-hydroxylation sites is 2. The Labute approximate surface area is 89.4 Å². The summed E-state index contributed by atoms with van der Waals surface area (Å²) < 4.78 is 0. The number of nitrogens with zero attached hydrogens (tertiary/aromatic N) is 2. The molecule has 0 unspecified atom stereocenters. The van der Waals surface area contributed by atoms with E-state index >= 15 is 0 Å². The van der Waals surface area contributed by atoms with E-state index in [1.807, 2.05) is 37.4 Å². The maximum atomic E-state index is 5.70. The van der Waals surface area contributed by atoms with E-state index in [1.54, 1.807) is 0 Å². The van der Waals surface area contributed by atoms with Gasteiger partial charge in [-0.25, -0.2) is 4.98 Å². The van der Waals surface area contributed by atoms with Crippen molar-refractivity contribution in [3.63, 3.8) is 0 Å². The Kier molecular flexibility index (Phi) is 2.92. The van der Waals surface area contributed by atoms with Crippen LogP contribution in [0.4, 0.5) is 0 Å². The summed E-state index contributed by atoms with van der Waals surface area (Å²) in [7, 11) is 0. The summed E-state index contributed by atoms with van der Waals surface area (Å²) in [5.74, 6) is 0. The summed E-state index contributed by atoms with van der Waals surface area (Å²) in [5, 5.41) is 0. The number of aryl methyl sites for hydroxylation is 1. The lowest BCUT2D eigenvalue weighted by Crippen LogP contribution is -2.15. The van der Waals surface area contributed by atoms with Gasteiger partial charge in [0.1, 0.15) is 0 Å². The number of fused-ring (bicyclic) bond motifs is 1. The first-order valence-electron chi connectivity index (χ1n) is 5.22. The Morgan fingerprint density at radius 2 is 2.00 bits per heavy atom. The number of rotatable bonds is 3. The lowest BCUT2D eigenvalue weighted by molar-refractivity contribution is 0.658. The molecule has 0 aliphatic carbocycles. The quantitative estimate of drug-likeness (QED) is 0.825. The minimum absolute atomic E-state index is 0.221. The number of hydrogen-bond acceptors (Lipinski definition) is 3. The van der Waals surface area contributed by atoms with Gasteiger partial charge in [0.25, 0.3) is 0 Å². The number of aromatic nitrogens is 2. The van der Waals surface area contributed by atoms with Crippen LogP contribution in [0.15, 0.2) is 30.5 Å². The zero-order chi connectivity index (χ0) is 10.7. The van der Waals surface area contributed by atoms with E-state index in [4.69, 9.17) is 5.73 Å². The summed E-state index contributed by atoms with van der Waals surface area (Å²) in [5.41, 5.74) is 8.63. The van der Waals surface area contributed by atoms with Crippen LogP contribution in [0.25, 0.3) is 11.0 Å². The lowest BCUT2D eigenvalue weighted by Gasteiger charge is -2.04. The molecular weight excluding hydrogens is 186 g/mol. The van der Waals surface area contributed by atoms with E-state index in [1.165, 1.54) is 0 Å². The van der Waals surface area contributed by atoms with Gasteiger partial charge in [-0.1, -0.05) is 12.1 Å². The van der Waals surface area contributed by atoms with Crippen molar-refractivity contribution < 1.29 is 0 Å². The van der Waals surface area contributed by atoms with Gasteiger partial charge in [0, 0.05) is 12.2 Å². The number of benzene rings is 1. The van der Waals surface area contributed by atoms with Crippen LogP contribution in [-0.2, 0) is 6.42 Å². The van der Waals surface area contributed by atoms with Gasteiger partial charge in [0.05, 0.1) is 16.7 Å². The van der Waals surface area contributed by atoms with Gasteiger partial charge in [0.2, 0.25) is 0 Å². The monoisotopic (exact) mass is 201 g/mol. The number of nitrogens with two attached hydrogens (primary N) is 1. The Hall–Kier alpha value is -1.48. The van der Waals surface area contributed by atoms with E-state index in [9.17, 15) is 0 Å². The average molecular weight is 201 g/mol. The SMILES string of the molecule is C[C@H](N)CCc1cnc2ccccc2n1. The molecule has 2 N–H and O–H groups in total. The van der Waals surface area contributed by atoms with Crippen LogP contribution < -0.4 is 5.73 Å². The molecule has 0 spiro atoms. The van der Waals surface area contributed by atoms with Crippen molar-refractivity contribution in [3.05, 3.63) is 36.2 Å². The summed E-state index contributed by atoms with van der Waals surface area (Å²) >= 11 is 0. The van der Waals surface area contributed by atoms with Crippen LogP contribution >= 0.6 is 0 Å². The predicted octanol–water partition coefficient (Wildman–Crippen LogP) is 1.91. The molecule has 78 valence electrons. The Bertz CT molecular complexity index is 451. The van der Waals surface area contributed by atoms with E-state index in [0.29, 0.717) is 0 Å². The zero-order valence-corrected chi connectivity index (χ0v) is 8.85. The van der Waals surface area contributed by atoms with Gasteiger partial charge < -0.3 is 5.73 Å². The molecule has 2 aromatic rings. The van der Waals surface area contributed by atoms with E-state index < -0.39 is 0 Å². The van der Waals surface area contributed by atoms with Crippen molar-refractivity contribution in [3.8, 4) is 0 Å². The normalized spacial score (nSPS) is 12.9. The van der Waals surface area contributed by atoms with Crippen molar-refractivity contribution >= 4 is 11.0 Å². The summed E-state index contributed by atoms with van der Waals surface area (Å²) in [6.07, 6.45) is 3.69. The van der Waals surface area contributed by atoms with Crippen molar-refractivity contribution in [1.29, 1.82) is 0 Å². The molecule has 0 aliphatic rings. The molecule has 3 heteroatoms. The first-order valence-corrected chi connectivity index (χ1v) is 5.22. The van der Waals surface area contributed by atoms with Crippen LogP contribution in [0.3, 0.4) is 0 Å². The minimum Gasteiger partial charge on any atom is -0.328 e. The van der Waals surface area contributed by atoms with Gasteiger partial charge >= 0.3 is 0 Å². The van der Waals surface area contributed by atoms with Crippen molar-refractivity contribution in [1.82, 2.24) is 9.97 Å². The molecule has 1 heterocycles. The molecule has 0 fully saturated rings. The third kappa shape index (κ3) is 2.50. The molecule has 0 saturated heterocycles. The van der Waals surface area contributed by atoms with Crippen LogP contribution in [0.2, 0.25) is 0 Å². The highest BCUT2D eigenvalue weighted by atomic mass is 14.8. The highest BCUT2D eigenvalue weighted by Crippen LogP contribution is 2.09. The highest BCUT2D eigenvalue weighted by molar-refractivity contribution is 5.73. The maximum Gasteiger partial charge on any atom is 0.0890 e. The standard InChI is InChI=1S/C12H15N3/c1-9(13)6-7-10-8-14-11-4-2-3-5-12(11)15-10/h2-5,8-9H,6-7,13H2,1H3/t9-/m0/s1. The second kappa shape index (κ2) is 4.36. The van der Waals surface area contributed by atoms with Gasteiger partial charge in [-0.2, -0.15) is 0 Å². The first kappa shape index (κ1) is 10.1. The fourth-order valence-electron chi connectivity index (χ4n) is 1.49. The summed E-state index contributed by atoms with van der Waals surface area (Å²) in [6.45, 7) is 2.01. The van der Waals surface area contributed by atoms with Crippen molar-refractivity contribution in [2.45, 2.75) is 25.8 Å². The van der Waals surface area contributed by atoms with Crippen molar-refractivity contribution in [2.75, 3.05) is 0 Å². The van der Waals surface area contributed by atoms with E-state index in [-0.39, 0.29) is 6.04 Å². The average Bonchev–Trinajstić information content (AvgIpc) is 2.26. The van der Waals surface area contributed by atoms with Crippen LogP contribution in [0.1, 0.15) is 19.0 Å². The fourth-order valence-corrected chi connectivity index (χ4v) is 1.49. The molecule has 1 aromatic carbocycles. The lowest BCUT2D eigenvalue weighted by atomic mass is 10.1. The Balaban J connectivity index is 2.23. The van der Waals surface area contributed by atoms with Crippen LogP contribution in [0, 0.1) is 0 Å². The Morgan fingerprint density at radius 3 is 2.73 bits per heavy atom. The van der Waals surface area contributed by atoms with Gasteiger partial charge in [-0.05, 0) is 31.9 Å². The van der Waals surface area contributed by atoms with Crippen LogP contribution in [0.5, 0.6) is 0 Å². The molecule has 0 amide bonds. The molecule has 0 aliphatic heterocycles. The second-order valence-corrected chi connectivity index (χ2v) is 3.87. The molecule has 3 nitrogen and oxygen atoms in total. The smallest absolute Gasteiger partial charge is 0.0890 e. The topological polar surface area (TPSA) is 51.8 Å². The largest absolute Gasteiger partial charge is 0.328 e. The van der Waals surface area contributed by atoms with Gasteiger partial charge in [0.15, 0.2) is 0 Å². The van der Waals surface area contributed by atoms with E-state index in [0.717, 1.165) is 29.6 Å². The van der Waals surface area contributed by atoms with Crippen LogP contribution in [-0.4, -0.2) is 16.0 Å². The summed E-state index contributed by atoms with van der Waals surface area (Å²) in [4.78, 5) is 8.88. The molecular formula is C12H15N3. The molecule has 15 heavy (non-hydrogen) atoms. The predicted molar refractivity (Wildman–Crippen MR) is 61.5 cm³/mol. The van der Waals surface area contributed by atoms with E-state index in [2.05, 4.69) is 9.97 Å². The Morgan fingerprint density at radius 1 is 1.27 bits per heavy atom. The summed E-state index contributed by atoms with van der Waals surface area (Å²) in [6, 6.07) is 8.12. The molecule has 0 bridgehead atoms. The molecule has 1 aromatic heterocycles. The highest BCUT2D eigenvalue weighted by Gasteiger charge is 2.00. The van der Waals surface area contributed by atoms with Gasteiger partial charge in [-0.15, -0.1) is 0 Å².